The number of pyridine rings is 1. The lowest BCUT2D eigenvalue weighted by Gasteiger charge is -2.12. The van der Waals surface area contributed by atoms with Crippen LogP contribution in [0.5, 0.6) is 0 Å². The quantitative estimate of drug-likeness (QED) is 0.172. The maximum absolute atomic E-state index is 5.54. The molecule has 0 fully saturated rings. The second-order valence-corrected chi connectivity index (χ2v) is 13.9. The molecule has 11 aromatic rings. The molecule has 0 bridgehead atoms. The van der Waals surface area contributed by atoms with Crippen molar-refractivity contribution in [3.05, 3.63) is 194 Å². The van der Waals surface area contributed by atoms with Crippen molar-refractivity contribution in [1.82, 2.24) is 29.1 Å². The van der Waals surface area contributed by atoms with Gasteiger partial charge in [0.15, 0.2) is 17.3 Å². The molecule has 0 aliphatic heterocycles. The van der Waals surface area contributed by atoms with E-state index in [1.165, 1.54) is 0 Å². The molecule has 0 radical (unpaired) electrons. The lowest BCUT2D eigenvalue weighted by Crippen LogP contribution is -2.07. The van der Waals surface area contributed by atoms with Crippen molar-refractivity contribution in [2.45, 2.75) is 0 Å². The number of hydrogen-bond donors (Lipinski definition) is 0. The third kappa shape index (κ3) is 5.27. The summed E-state index contributed by atoms with van der Waals surface area (Å²) in [6.45, 7) is 0. The molecule has 0 amide bonds. The van der Waals surface area contributed by atoms with Crippen molar-refractivity contribution < 1.29 is 0 Å². The van der Waals surface area contributed by atoms with Crippen LogP contribution >= 0.6 is 0 Å². The van der Waals surface area contributed by atoms with E-state index in [1.807, 2.05) is 18.2 Å². The fourth-order valence-electron chi connectivity index (χ4n) is 7.95. The molecule has 7 aromatic carbocycles. The molecule has 56 heavy (non-hydrogen) atoms. The molecule has 0 saturated carbocycles. The topological polar surface area (TPSA) is 61.4 Å². The van der Waals surface area contributed by atoms with E-state index in [0.29, 0.717) is 17.6 Å². The average Bonchev–Trinajstić information content (AvgIpc) is 3.78. The Morgan fingerprint density at radius 1 is 0.286 bits per heavy atom. The van der Waals surface area contributed by atoms with Gasteiger partial charge in [0, 0.05) is 38.4 Å². The average molecular weight is 717 g/mol. The van der Waals surface area contributed by atoms with Gasteiger partial charge in [-0.3, -0.25) is 9.13 Å². The number of nitrogens with zero attached hydrogens (tertiary/aromatic N) is 6. The van der Waals surface area contributed by atoms with Gasteiger partial charge in [-0.1, -0.05) is 152 Å². The summed E-state index contributed by atoms with van der Waals surface area (Å²) in [7, 11) is 0. The summed E-state index contributed by atoms with van der Waals surface area (Å²) in [6.07, 6.45) is 0. The van der Waals surface area contributed by atoms with Crippen molar-refractivity contribution >= 4 is 43.9 Å². The van der Waals surface area contributed by atoms with E-state index in [2.05, 4.69) is 185 Å². The first-order valence-corrected chi connectivity index (χ1v) is 18.7. The van der Waals surface area contributed by atoms with Crippen molar-refractivity contribution in [3.8, 4) is 56.7 Å². The molecule has 6 heteroatoms. The van der Waals surface area contributed by atoms with E-state index in [4.69, 9.17) is 19.9 Å². The summed E-state index contributed by atoms with van der Waals surface area (Å²) in [5, 5.41) is 4.35. The van der Waals surface area contributed by atoms with Crippen LogP contribution in [0, 0.1) is 0 Å². The Morgan fingerprint density at radius 3 is 1.27 bits per heavy atom. The second kappa shape index (κ2) is 13.0. The lowest BCUT2D eigenvalue weighted by molar-refractivity contribution is 0.944. The van der Waals surface area contributed by atoms with E-state index >= 15 is 0 Å². The highest BCUT2D eigenvalue weighted by Gasteiger charge is 2.22. The maximum Gasteiger partial charge on any atom is 0.240 e. The van der Waals surface area contributed by atoms with Crippen molar-refractivity contribution in [2.24, 2.45) is 0 Å². The van der Waals surface area contributed by atoms with Crippen LogP contribution in [0.15, 0.2) is 194 Å². The summed E-state index contributed by atoms with van der Waals surface area (Å²) in [5.41, 5.74) is 11.0. The molecule has 0 atom stereocenters. The fraction of sp³-hybridized carbons (Fsp3) is 0. The van der Waals surface area contributed by atoms with E-state index < -0.39 is 0 Å². The highest BCUT2D eigenvalue weighted by Crippen LogP contribution is 2.38. The Kier molecular flexibility index (Phi) is 7.38. The first-order valence-electron chi connectivity index (χ1n) is 18.7. The Bertz CT molecular complexity index is 3140. The summed E-state index contributed by atoms with van der Waals surface area (Å²) >= 11 is 0. The van der Waals surface area contributed by atoms with Gasteiger partial charge in [-0.2, -0.15) is 9.97 Å². The first kappa shape index (κ1) is 31.8. The predicted molar refractivity (Wildman–Crippen MR) is 228 cm³/mol. The molecule has 6 nitrogen and oxygen atoms in total. The molecule has 0 aliphatic rings. The molecule has 0 saturated heterocycles. The standard InChI is InChI=1S/C50H32N6/c1-4-16-33(17-5-1)35-20-14-22-37(30-35)46-51-47(38-23-15-21-36(31-38)34-18-6-2-7-19-34)53-50(52-46)56-45-29-13-11-27-41(45)43-32-42-40-26-10-12-28-44(40)55(48(42)54-49(43)56)39-24-8-3-9-25-39/h1-32H. The van der Waals surface area contributed by atoms with Gasteiger partial charge >= 0.3 is 0 Å². The van der Waals surface area contributed by atoms with Gasteiger partial charge in [-0.15, -0.1) is 0 Å². The van der Waals surface area contributed by atoms with Crippen molar-refractivity contribution in [1.29, 1.82) is 0 Å². The minimum atomic E-state index is 0.501. The molecular weight excluding hydrogens is 685 g/mol. The summed E-state index contributed by atoms with van der Waals surface area (Å²) < 4.78 is 4.36. The Hall–Kier alpha value is -7.70. The molecule has 0 spiro atoms. The molecular formula is C50H32N6. The minimum Gasteiger partial charge on any atom is -0.294 e. The lowest BCUT2D eigenvalue weighted by atomic mass is 10.0. The van der Waals surface area contributed by atoms with Gasteiger partial charge in [0.05, 0.1) is 11.0 Å². The van der Waals surface area contributed by atoms with Crippen LogP contribution in [0.1, 0.15) is 0 Å². The van der Waals surface area contributed by atoms with E-state index in [-0.39, 0.29) is 0 Å². The van der Waals surface area contributed by atoms with Crippen LogP contribution in [-0.2, 0) is 0 Å². The molecule has 0 aliphatic carbocycles. The number of para-hydroxylation sites is 3. The second-order valence-electron chi connectivity index (χ2n) is 13.9. The third-order valence-corrected chi connectivity index (χ3v) is 10.6. The Balaban J connectivity index is 1.20. The summed E-state index contributed by atoms with van der Waals surface area (Å²) in [4.78, 5) is 21.3. The normalized spacial score (nSPS) is 11.6. The smallest absolute Gasteiger partial charge is 0.240 e. The predicted octanol–water partition coefficient (Wildman–Crippen LogP) is 12.1. The SMILES string of the molecule is c1ccc(-c2cccc(-c3nc(-c4cccc(-c5ccccc5)c4)nc(-n4c5ccccc5c5cc6c7ccccc7n(-c7ccccc7)c6nc54)n3)c2)cc1. The largest absolute Gasteiger partial charge is 0.294 e. The molecule has 262 valence electrons. The van der Waals surface area contributed by atoms with E-state index in [1.54, 1.807) is 0 Å². The zero-order valence-electron chi connectivity index (χ0n) is 30.2. The Labute approximate surface area is 322 Å². The highest BCUT2D eigenvalue weighted by molar-refractivity contribution is 6.16. The van der Waals surface area contributed by atoms with Crippen LogP contribution in [0.4, 0.5) is 0 Å². The van der Waals surface area contributed by atoms with E-state index in [0.717, 1.165) is 82.9 Å². The van der Waals surface area contributed by atoms with Gasteiger partial charge in [0.25, 0.3) is 0 Å². The number of rotatable bonds is 6. The van der Waals surface area contributed by atoms with Crippen molar-refractivity contribution in [2.75, 3.05) is 0 Å². The zero-order valence-corrected chi connectivity index (χ0v) is 30.2. The summed E-state index contributed by atoms with van der Waals surface area (Å²) in [6, 6.07) is 67.3. The van der Waals surface area contributed by atoms with Crippen LogP contribution in [0.3, 0.4) is 0 Å². The third-order valence-electron chi connectivity index (χ3n) is 10.6. The monoisotopic (exact) mass is 716 g/mol. The maximum atomic E-state index is 5.54. The van der Waals surface area contributed by atoms with Gasteiger partial charge in [-0.25, -0.2) is 9.97 Å². The van der Waals surface area contributed by atoms with Crippen LogP contribution < -0.4 is 0 Å². The number of aromatic nitrogens is 6. The van der Waals surface area contributed by atoms with Gasteiger partial charge < -0.3 is 0 Å². The molecule has 11 rings (SSSR count). The van der Waals surface area contributed by atoms with E-state index in [9.17, 15) is 0 Å². The minimum absolute atomic E-state index is 0.501. The highest BCUT2D eigenvalue weighted by atomic mass is 15.2. The van der Waals surface area contributed by atoms with Crippen LogP contribution in [0.2, 0.25) is 0 Å². The molecule has 4 heterocycles. The number of benzene rings is 7. The number of fused-ring (bicyclic) bond motifs is 6. The van der Waals surface area contributed by atoms with Gasteiger partial charge in [-0.05, 0) is 64.7 Å². The molecule has 4 aromatic heterocycles. The number of hydrogen-bond acceptors (Lipinski definition) is 4. The fourth-order valence-corrected chi connectivity index (χ4v) is 7.95. The molecule has 0 unspecified atom stereocenters. The molecule has 0 N–H and O–H groups in total. The Morgan fingerprint density at radius 2 is 0.714 bits per heavy atom. The first-order chi connectivity index (χ1) is 27.8. The van der Waals surface area contributed by atoms with Gasteiger partial charge in [0.1, 0.15) is 5.65 Å². The van der Waals surface area contributed by atoms with Crippen LogP contribution in [0.25, 0.3) is 101 Å². The van der Waals surface area contributed by atoms with Gasteiger partial charge in [0.2, 0.25) is 5.95 Å². The van der Waals surface area contributed by atoms with Crippen molar-refractivity contribution in [3.63, 3.8) is 0 Å². The zero-order chi connectivity index (χ0) is 37.0. The summed E-state index contributed by atoms with van der Waals surface area (Å²) in [5.74, 6) is 1.66. The van der Waals surface area contributed by atoms with Crippen LogP contribution in [-0.4, -0.2) is 29.1 Å².